The van der Waals surface area contributed by atoms with E-state index in [9.17, 15) is 9.18 Å². The second kappa shape index (κ2) is 12.1. The molecule has 1 atom stereocenters. The standard InChI is InChI=1S/C19H30FN5O2.HI/c1-4-27-19(26)25-10-8-16(9-11-25)23-18(21)22-13-17(24(2)3)14-6-5-7-15(20)12-14;/h5-7,12,16-17H,4,8-11,13H2,1-3H3,(H3,21,22,23);1H. The van der Waals surface area contributed by atoms with Gasteiger partial charge in [-0.2, -0.15) is 0 Å². The fourth-order valence-electron chi connectivity index (χ4n) is 3.14. The summed E-state index contributed by atoms with van der Waals surface area (Å²) in [6, 6.07) is 6.65. The number of carbonyl (C=O) groups is 1. The Labute approximate surface area is 183 Å². The Balaban J connectivity index is 0.00000392. The van der Waals surface area contributed by atoms with Crippen LogP contribution in [0.2, 0.25) is 0 Å². The molecule has 0 saturated carbocycles. The number of aliphatic imine (C=N–C) groups is 1. The number of piperidine rings is 1. The minimum Gasteiger partial charge on any atom is -0.450 e. The van der Waals surface area contributed by atoms with E-state index in [-0.39, 0.29) is 48.0 Å². The van der Waals surface area contributed by atoms with E-state index in [1.54, 1.807) is 17.9 Å². The Bertz CT molecular complexity index is 651. The second-order valence-electron chi connectivity index (χ2n) is 6.86. The Hall–Kier alpha value is -1.62. The van der Waals surface area contributed by atoms with Gasteiger partial charge in [-0.1, -0.05) is 12.1 Å². The van der Waals surface area contributed by atoms with Crippen LogP contribution in [-0.4, -0.2) is 68.2 Å². The predicted molar refractivity (Wildman–Crippen MR) is 119 cm³/mol. The average Bonchev–Trinajstić information content (AvgIpc) is 2.62. The number of likely N-dealkylation sites (tertiary alicyclic amines) is 1. The number of halogens is 2. The molecule has 0 aliphatic carbocycles. The first-order valence-electron chi connectivity index (χ1n) is 9.30. The molecule has 9 heteroatoms. The Morgan fingerprint density at radius 3 is 2.68 bits per heavy atom. The van der Waals surface area contributed by atoms with Crippen molar-refractivity contribution < 1.29 is 13.9 Å². The SMILES string of the molecule is CCOC(=O)N1CCC(NC(N)=NCC(c2cccc(F)c2)N(C)C)CC1.I. The number of carbonyl (C=O) groups excluding carboxylic acids is 1. The van der Waals surface area contributed by atoms with Crippen LogP contribution in [0.3, 0.4) is 0 Å². The van der Waals surface area contributed by atoms with E-state index < -0.39 is 0 Å². The van der Waals surface area contributed by atoms with Crippen LogP contribution in [0.4, 0.5) is 9.18 Å². The van der Waals surface area contributed by atoms with Gasteiger partial charge in [0.15, 0.2) is 5.96 Å². The van der Waals surface area contributed by atoms with Gasteiger partial charge in [-0.25, -0.2) is 9.18 Å². The summed E-state index contributed by atoms with van der Waals surface area (Å²) >= 11 is 0. The molecule has 1 fully saturated rings. The number of amides is 1. The van der Waals surface area contributed by atoms with Crippen LogP contribution in [0.5, 0.6) is 0 Å². The van der Waals surface area contributed by atoms with Crippen LogP contribution in [0, 0.1) is 5.82 Å². The molecule has 1 unspecified atom stereocenters. The highest BCUT2D eigenvalue weighted by molar-refractivity contribution is 14.0. The largest absolute Gasteiger partial charge is 0.450 e. The molecular weight excluding hydrogens is 476 g/mol. The Morgan fingerprint density at radius 1 is 1.43 bits per heavy atom. The lowest BCUT2D eigenvalue weighted by molar-refractivity contribution is 0.0963. The number of benzene rings is 1. The number of nitrogens with one attached hydrogen (secondary N) is 1. The molecule has 0 radical (unpaired) electrons. The van der Waals surface area contributed by atoms with Gasteiger partial charge in [0.25, 0.3) is 0 Å². The maximum absolute atomic E-state index is 13.5. The smallest absolute Gasteiger partial charge is 0.409 e. The minimum absolute atomic E-state index is 0. The van der Waals surface area contributed by atoms with Crippen molar-refractivity contribution in [2.75, 3.05) is 40.3 Å². The van der Waals surface area contributed by atoms with Crippen molar-refractivity contribution in [1.29, 1.82) is 0 Å². The molecule has 1 aliphatic heterocycles. The summed E-state index contributed by atoms with van der Waals surface area (Å²) in [5.74, 6) is 0.107. The maximum atomic E-state index is 13.5. The zero-order valence-corrected chi connectivity index (χ0v) is 19.1. The molecule has 1 heterocycles. The monoisotopic (exact) mass is 507 g/mol. The molecule has 3 N–H and O–H groups in total. The van der Waals surface area contributed by atoms with Crippen LogP contribution in [0.15, 0.2) is 29.3 Å². The summed E-state index contributed by atoms with van der Waals surface area (Å²) in [5, 5.41) is 3.22. The summed E-state index contributed by atoms with van der Waals surface area (Å²) in [6.45, 7) is 3.88. The number of nitrogens with zero attached hydrogens (tertiary/aromatic N) is 3. The Kier molecular flexibility index (Phi) is 10.5. The van der Waals surface area contributed by atoms with Crippen LogP contribution in [0.25, 0.3) is 0 Å². The summed E-state index contributed by atoms with van der Waals surface area (Å²) in [4.78, 5) is 19.9. The number of rotatable bonds is 6. The highest BCUT2D eigenvalue weighted by atomic mass is 127. The van der Waals surface area contributed by atoms with E-state index in [0.29, 0.717) is 32.2 Å². The van der Waals surface area contributed by atoms with Crippen molar-refractivity contribution in [2.45, 2.75) is 31.8 Å². The number of ether oxygens (including phenoxy) is 1. The van der Waals surface area contributed by atoms with Gasteiger partial charge in [-0.15, -0.1) is 24.0 Å². The van der Waals surface area contributed by atoms with E-state index in [1.807, 2.05) is 25.1 Å². The molecule has 1 amide bonds. The number of likely N-dealkylation sites (N-methyl/N-ethyl adjacent to an activating group) is 1. The van der Waals surface area contributed by atoms with Crippen LogP contribution in [-0.2, 0) is 4.74 Å². The van der Waals surface area contributed by atoms with Crippen molar-refractivity contribution in [2.24, 2.45) is 10.7 Å². The second-order valence-corrected chi connectivity index (χ2v) is 6.86. The number of guanidine groups is 1. The molecule has 7 nitrogen and oxygen atoms in total. The zero-order chi connectivity index (χ0) is 19.8. The molecule has 1 aromatic rings. The molecule has 1 saturated heterocycles. The average molecular weight is 507 g/mol. The lowest BCUT2D eigenvalue weighted by Crippen LogP contribution is -2.48. The maximum Gasteiger partial charge on any atom is 0.409 e. The van der Waals surface area contributed by atoms with Gasteiger partial charge < -0.3 is 25.6 Å². The van der Waals surface area contributed by atoms with E-state index in [0.717, 1.165) is 18.4 Å². The molecule has 2 rings (SSSR count). The summed E-state index contributed by atoms with van der Waals surface area (Å²) in [6.07, 6.45) is 1.31. The first-order chi connectivity index (χ1) is 12.9. The van der Waals surface area contributed by atoms with Crippen molar-refractivity contribution in [1.82, 2.24) is 15.1 Å². The molecule has 0 aromatic heterocycles. The van der Waals surface area contributed by atoms with Crippen LogP contribution >= 0.6 is 24.0 Å². The highest BCUT2D eigenvalue weighted by Crippen LogP contribution is 2.19. The summed E-state index contributed by atoms with van der Waals surface area (Å²) in [5.41, 5.74) is 6.90. The summed E-state index contributed by atoms with van der Waals surface area (Å²) in [7, 11) is 3.86. The highest BCUT2D eigenvalue weighted by Gasteiger charge is 2.23. The quantitative estimate of drug-likeness (QED) is 0.352. The molecular formula is C19H31FIN5O2. The van der Waals surface area contributed by atoms with Crippen LogP contribution in [0.1, 0.15) is 31.4 Å². The molecule has 158 valence electrons. The normalized spacial score (nSPS) is 16.5. The van der Waals surface area contributed by atoms with Crippen molar-refractivity contribution >= 4 is 36.0 Å². The third-order valence-electron chi connectivity index (χ3n) is 4.66. The van der Waals surface area contributed by atoms with Crippen LogP contribution < -0.4 is 11.1 Å². The van der Waals surface area contributed by atoms with E-state index >= 15 is 0 Å². The van der Waals surface area contributed by atoms with Crippen molar-refractivity contribution in [3.8, 4) is 0 Å². The third-order valence-corrected chi connectivity index (χ3v) is 4.66. The molecule has 0 bridgehead atoms. The van der Waals surface area contributed by atoms with Gasteiger partial charge in [-0.3, -0.25) is 4.99 Å². The molecule has 1 aliphatic rings. The summed E-state index contributed by atoms with van der Waals surface area (Å²) < 4.78 is 18.5. The van der Waals surface area contributed by atoms with Gasteiger partial charge in [0.2, 0.25) is 0 Å². The van der Waals surface area contributed by atoms with Gasteiger partial charge in [0, 0.05) is 19.1 Å². The number of hydrogen-bond acceptors (Lipinski definition) is 4. The number of nitrogens with two attached hydrogens (primary N) is 1. The zero-order valence-electron chi connectivity index (χ0n) is 16.7. The molecule has 28 heavy (non-hydrogen) atoms. The lowest BCUT2D eigenvalue weighted by atomic mass is 10.1. The fraction of sp³-hybridized carbons (Fsp3) is 0.579. The van der Waals surface area contributed by atoms with E-state index in [2.05, 4.69) is 10.3 Å². The van der Waals surface area contributed by atoms with Gasteiger partial charge in [0.05, 0.1) is 19.2 Å². The van der Waals surface area contributed by atoms with Crippen molar-refractivity contribution in [3.63, 3.8) is 0 Å². The van der Waals surface area contributed by atoms with E-state index in [1.165, 1.54) is 12.1 Å². The predicted octanol–water partition coefficient (Wildman–Crippen LogP) is 2.57. The van der Waals surface area contributed by atoms with Gasteiger partial charge in [0.1, 0.15) is 5.82 Å². The first kappa shape index (κ1) is 24.4. The third kappa shape index (κ3) is 7.42. The van der Waals surface area contributed by atoms with Crippen molar-refractivity contribution in [3.05, 3.63) is 35.6 Å². The fourth-order valence-corrected chi connectivity index (χ4v) is 3.14. The lowest BCUT2D eigenvalue weighted by Gasteiger charge is -2.32. The number of hydrogen-bond donors (Lipinski definition) is 2. The Morgan fingerprint density at radius 2 is 2.11 bits per heavy atom. The first-order valence-corrected chi connectivity index (χ1v) is 9.30. The topological polar surface area (TPSA) is 83.2 Å². The minimum atomic E-state index is -0.262. The molecule has 1 aromatic carbocycles. The molecule has 0 spiro atoms. The van der Waals surface area contributed by atoms with E-state index in [4.69, 9.17) is 10.5 Å². The van der Waals surface area contributed by atoms with Gasteiger partial charge >= 0.3 is 6.09 Å². The van der Waals surface area contributed by atoms with Gasteiger partial charge in [-0.05, 0) is 51.6 Å².